The number of rotatable bonds is 12. The van der Waals surface area contributed by atoms with Crippen molar-refractivity contribution in [2.75, 3.05) is 13.2 Å². The van der Waals surface area contributed by atoms with Crippen LogP contribution in [0.3, 0.4) is 0 Å². The number of benzene rings is 1. The summed E-state index contributed by atoms with van der Waals surface area (Å²) in [5.41, 5.74) is 1.45. The molecule has 0 radical (unpaired) electrons. The Bertz CT molecular complexity index is 312. The van der Waals surface area contributed by atoms with Gasteiger partial charge in [-0.3, -0.25) is 0 Å². The molecule has 2 N–H and O–H groups in total. The Morgan fingerprint density at radius 3 is 2.45 bits per heavy atom. The highest BCUT2D eigenvalue weighted by atomic mass is 16.3. The van der Waals surface area contributed by atoms with Crippen LogP contribution >= 0.6 is 0 Å². The highest BCUT2D eigenvalue weighted by Crippen LogP contribution is 2.07. The Kier molecular flexibility index (Phi) is 10.3. The zero-order valence-electron chi connectivity index (χ0n) is 13.0. The number of aliphatic hydroxyl groups is 1. The van der Waals surface area contributed by atoms with E-state index < -0.39 is 0 Å². The molecular formula is C18H31NO. The third-order valence-electron chi connectivity index (χ3n) is 3.79. The van der Waals surface area contributed by atoms with Crippen LogP contribution in [-0.4, -0.2) is 24.3 Å². The lowest BCUT2D eigenvalue weighted by Gasteiger charge is -2.15. The first-order chi connectivity index (χ1) is 9.86. The van der Waals surface area contributed by atoms with Gasteiger partial charge in [-0.2, -0.15) is 0 Å². The summed E-state index contributed by atoms with van der Waals surface area (Å²) >= 11 is 0. The molecule has 0 fully saturated rings. The van der Waals surface area contributed by atoms with Gasteiger partial charge in [0.05, 0.1) is 6.61 Å². The number of aryl methyl sites for hydroxylation is 1. The summed E-state index contributed by atoms with van der Waals surface area (Å²) in [6.07, 6.45) is 9.79. The molecule has 1 aromatic carbocycles. The molecule has 114 valence electrons. The zero-order chi connectivity index (χ0) is 14.5. The first kappa shape index (κ1) is 17.2. The minimum atomic E-state index is 0.272. The maximum Gasteiger partial charge on any atom is 0.0584 e. The SMILES string of the molecule is CCCCC(CO)NCCCCCCc1ccccc1. The number of unbranched alkanes of at least 4 members (excludes halogenated alkanes) is 4. The van der Waals surface area contributed by atoms with Gasteiger partial charge in [0.1, 0.15) is 0 Å². The Labute approximate surface area is 124 Å². The quantitative estimate of drug-likeness (QED) is 0.567. The number of aliphatic hydroxyl groups excluding tert-OH is 1. The van der Waals surface area contributed by atoms with E-state index in [9.17, 15) is 5.11 Å². The molecular weight excluding hydrogens is 246 g/mol. The fourth-order valence-corrected chi connectivity index (χ4v) is 2.47. The van der Waals surface area contributed by atoms with Crippen molar-refractivity contribution >= 4 is 0 Å². The van der Waals surface area contributed by atoms with Gasteiger partial charge in [0, 0.05) is 6.04 Å². The van der Waals surface area contributed by atoms with Crippen molar-refractivity contribution in [1.29, 1.82) is 0 Å². The first-order valence-corrected chi connectivity index (χ1v) is 8.25. The van der Waals surface area contributed by atoms with Crippen LogP contribution in [0.15, 0.2) is 30.3 Å². The third-order valence-corrected chi connectivity index (χ3v) is 3.79. The van der Waals surface area contributed by atoms with Crippen LogP contribution < -0.4 is 5.32 Å². The summed E-state index contributed by atoms with van der Waals surface area (Å²) in [6, 6.07) is 11.0. The van der Waals surface area contributed by atoms with Crippen LogP contribution in [0.1, 0.15) is 57.4 Å². The van der Waals surface area contributed by atoms with Gasteiger partial charge < -0.3 is 10.4 Å². The summed E-state index contributed by atoms with van der Waals surface area (Å²) in [6.45, 7) is 3.51. The van der Waals surface area contributed by atoms with Crippen molar-refractivity contribution < 1.29 is 5.11 Å². The molecule has 1 atom stereocenters. The molecule has 0 saturated carbocycles. The molecule has 0 saturated heterocycles. The lowest BCUT2D eigenvalue weighted by molar-refractivity contribution is 0.233. The van der Waals surface area contributed by atoms with E-state index in [2.05, 4.69) is 42.6 Å². The van der Waals surface area contributed by atoms with Gasteiger partial charge in [-0.05, 0) is 37.8 Å². The highest BCUT2D eigenvalue weighted by molar-refractivity contribution is 5.14. The smallest absolute Gasteiger partial charge is 0.0584 e. The molecule has 2 nitrogen and oxygen atoms in total. The summed E-state index contributed by atoms with van der Waals surface area (Å²) in [4.78, 5) is 0. The van der Waals surface area contributed by atoms with Crippen LogP contribution in [0.2, 0.25) is 0 Å². The van der Waals surface area contributed by atoms with E-state index in [1.54, 1.807) is 0 Å². The lowest BCUT2D eigenvalue weighted by atomic mass is 10.1. The van der Waals surface area contributed by atoms with Crippen LogP contribution in [0.4, 0.5) is 0 Å². The zero-order valence-corrected chi connectivity index (χ0v) is 13.0. The second-order valence-corrected chi connectivity index (χ2v) is 5.63. The fraction of sp³-hybridized carbons (Fsp3) is 0.667. The summed E-state index contributed by atoms with van der Waals surface area (Å²) < 4.78 is 0. The van der Waals surface area contributed by atoms with E-state index in [0.717, 1.165) is 13.0 Å². The first-order valence-electron chi connectivity index (χ1n) is 8.25. The molecule has 0 aliphatic heterocycles. The molecule has 0 aliphatic rings. The van der Waals surface area contributed by atoms with Crippen molar-refractivity contribution in [3.05, 3.63) is 35.9 Å². The van der Waals surface area contributed by atoms with Gasteiger partial charge in [0.2, 0.25) is 0 Å². The highest BCUT2D eigenvalue weighted by Gasteiger charge is 2.04. The van der Waals surface area contributed by atoms with Crippen molar-refractivity contribution in [1.82, 2.24) is 5.32 Å². The van der Waals surface area contributed by atoms with Gasteiger partial charge in [0.25, 0.3) is 0 Å². The Morgan fingerprint density at radius 1 is 1.00 bits per heavy atom. The molecule has 0 heterocycles. The molecule has 1 aromatic rings. The van der Waals surface area contributed by atoms with Crippen LogP contribution in [0, 0.1) is 0 Å². The summed E-state index contributed by atoms with van der Waals surface area (Å²) in [5, 5.41) is 12.7. The molecule has 0 aromatic heterocycles. The number of hydrogen-bond donors (Lipinski definition) is 2. The van der Waals surface area contributed by atoms with Crippen molar-refractivity contribution in [3.8, 4) is 0 Å². The molecule has 0 spiro atoms. The Balaban J connectivity index is 1.94. The molecule has 1 unspecified atom stereocenters. The topological polar surface area (TPSA) is 32.3 Å². The van der Waals surface area contributed by atoms with Crippen molar-refractivity contribution in [2.24, 2.45) is 0 Å². The minimum absolute atomic E-state index is 0.272. The predicted molar refractivity (Wildman–Crippen MR) is 87.0 cm³/mol. The van der Waals surface area contributed by atoms with Gasteiger partial charge in [0.15, 0.2) is 0 Å². The van der Waals surface area contributed by atoms with Crippen molar-refractivity contribution in [2.45, 2.75) is 64.3 Å². The normalized spacial score (nSPS) is 12.5. The van der Waals surface area contributed by atoms with Crippen LogP contribution in [-0.2, 0) is 6.42 Å². The monoisotopic (exact) mass is 277 g/mol. The minimum Gasteiger partial charge on any atom is -0.395 e. The van der Waals surface area contributed by atoms with Crippen molar-refractivity contribution in [3.63, 3.8) is 0 Å². The summed E-state index contributed by atoms with van der Waals surface area (Å²) in [5.74, 6) is 0. The lowest BCUT2D eigenvalue weighted by Crippen LogP contribution is -2.33. The number of nitrogens with one attached hydrogen (secondary N) is 1. The van der Waals surface area contributed by atoms with E-state index in [1.807, 2.05) is 0 Å². The molecule has 0 aliphatic carbocycles. The third kappa shape index (κ3) is 8.34. The average Bonchev–Trinajstić information content (AvgIpc) is 2.50. The largest absolute Gasteiger partial charge is 0.395 e. The maximum absolute atomic E-state index is 9.26. The maximum atomic E-state index is 9.26. The molecule has 0 amide bonds. The van der Waals surface area contributed by atoms with Gasteiger partial charge >= 0.3 is 0 Å². The standard InChI is InChI=1S/C18H31NO/c1-2-3-14-18(16-20)19-15-10-5-4-7-11-17-12-8-6-9-13-17/h6,8-9,12-13,18-20H,2-5,7,10-11,14-16H2,1H3. The number of hydrogen-bond acceptors (Lipinski definition) is 2. The van der Waals surface area contributed by atoms with Gasteiger partial charge in [-0.15, -0.1) is 0 Å². The van der Waals surface area contributed by atoms with E-state index >= 15 is 0 Å². The average molecular weight is 277 g/mol. The Morgan fingerprint density at radius 2 is 1.75 bits per heavy atom. The molecule has 1 rings (SSSR count). The second kappa shape index (κ2) is 11.9. The van der Waals surface area contributed by atoms with Gasteiger partial charge in [-0.25, -0.2) is 0 Å². The van der Waals surface area contributed by atoms with E-state index in [4.69, 9.17) is 0 Å². The fourth-order valence-electron chi connectivity index (χ4n) is 2.47. The predicted octanol–water partition coefficient (Wildman–Crippen LogP) is 3.93. The van der Waals surface area contributed by atoms with Crippen LogP contribution in [0.25, 0.3) is 0 Å². The van der Waals surface area contributed by atoms with Crippen LogP contribution in [0.5, 0.6) is 0 Å². The Hall–Kier alpha value is -0.860. The van der Waals surface area contributed by atoms with E-state index in [-0.39, 0.29) is 6.61 Å². The molecule has 20 heavy (non-hydrogen) atoms. The van der Waals surface area contributed by atoms with E-state index in [0.29, 0.717) is 6.04 Å². The molecule has 0 bridgehead atoms. The molecule has 2 heteroatoms. The second-order valence-electron chi connectivity index (χ2n) is 5.63. The van der Waals surface area contributed by atoms with Gasteiger partial charge in [-0.1, -0.05) is 62.9 Å². The summed E-state index contributed by atoms with van der Waals surface area (Å²) in [7, 11) is 0. The van der Waals surface area contributed by atoms with E-state index in [1.165, 1.54) is 50.5 Å².